The SMILES string of the molecule is Nc1c(Nc2cc(Cl)cc(Cl)c2)ncnc1Nc1cccc(Cl)c1Cl. The summed E-state index contributed by atoms with van der Waals surface area (Å²) >= 11 is 24.2. The van der Waals surface area contributed by atoms with Gasteiger partial charge in [-0.15, -0.1) is 0 Å². The van der Waals surface area contributed by atoms with E-state index in [1.165, 1.54) is 6.33 Å². The molecule has 128 valence electrons. The predicted octanol–water partition coefficient (Wildman–Crippen LogP) is 6.16. The lowest BCUT2D eigenvalue weighted by molar-refractivity contribution is 1.17. The quantitative estimate of drug-likeness (QED) is 0.476. The summed E-state index contributed by atoms with van der Waals surface area (Å²) in [6, 6.07) is 10.3. The highest BCUT2D eigenvalue weighted by atomic mass is 35.5. The molecule has 2 aromatic carbocycles. The van der Waals surface area contributed by atoms with Gasteiger partial charge in [-0.25, -0.2) is 9.97 Å². The fraction of sp³-hybridized carbons (Fsp3) is 0. The van der Waals surface area contributed by atoms with Crippen molar-refractivity contribution in [3.05, 3.63) is 62.8 Å². The number of benzene rings is 2. The summed E-state index contributed by atoms with van der Waals surface area (Å²) in [5.74, 6) is 0.781. The smallest absolute Gasteiger partial charge is 0.159 e. The molecule has 0 atom stereocenters. The van der Waals surface area contributed by atoms with Crippen LogP contribution in [0, 0.1) is 0 Å². The normalized spacial score (nSPS) is 10.6. The zero-order valence-electron chi connectivity index (χ0n) is 12.5. The summed E-state index contributed by atoms with van der Waals surface area (Å²) in [4.78, 5) is 8.28. The van der Waals surface area contributed by atoms with Crippen molar-refractivity contribution in [2.24, 2.45) is 0 Å². The molecule has 0 aliphatic heterocycles. The number of hydrogen-bond donors (Lipinski definition) is 3. The Morgan fingerprint density at radius 2 is 1.48 bits per heavy atom. The molecule has 0 saturated carbocycles. The Morgan fingerprint density at radius 3 is 2.16 bits per heavy atom. The van der Waals surface area contributed by atoms with Crippen molar-refractivity contribution >= 4 is 75.1 Å². The molecule has 0 spiro atoms. The number of hydrogen-bond acceptors (Lipinski definition) is 5. The van der Waals surface area contributed by atoms with Crippen LogP contribution in [0.25, 0.3) is 0 Å². The van der Waals surface area contributed by atoms with Crippen molar-refractivity contribution in [3.63, 3.8) is 0 Å². The number of rotatable bonds is 4. The number of anilines is 5. The van der Waals surface area contributed by atoms with E-state index >= 15 is 0 Å². The lowest BCUT2D eigenvalue weighted by Crippen LogP contribution is -2.05. The third kappa shape index (κ3) is 4.19. The fourth-order valence-electron chi connectivity index (χ4n) is 2.09. The number of halogens is 4. The van der Waals surface area contributed by atoms with Crippen LogP contribution in [0.4, 0.5) is 28.7 Å². The van der Waals surface area contributed by atoms with Crippen LogP contribution in [0.15, 0.2) is 42.7 Å². The Labute approximate surface area is 164 Å². The van der Waals surface area contributed by atoms with E-state index in [-0.39, 0.29) is 0 Å². The topological polar surface area (TPSA) is 75.9 Å². The highest BCUT2D eigenvalue weighted by Crippen LogP contribution is 2.34. The maximum absolute atomic E-state index is 6.18. The number of nitrogen functional groups attached to an aromatic ring is 1. The van der Waals surface area contributed by atoms with Crippen molar-refractivity contribution in [2.75, 3.05) is 16.4 Å². The zero-order valence-corrected chi connectivity index (χ0v) is 15.5. The van der Waals surface area contributed by atoms with Gasteiger partial charge < -0.3 is 16.4 Å². The van der Waals surface area contributed by atoms with Crippen molar-refractivity contribution in [1.29, 1.82) is 0 Å². The van der Waals surface area contributed by atoms with E-state index in [0.717, 1.165) is 0 Å². The first-order valence-electron chi connectivity index (χ1n) is 6.98. The van der Waals surface area contributed by atoms with Crippen molar-refractivity contribution in [1.82, 2.24) is 9.97 Å². The third-order valence-corrected chi connectivity index (χ3v) is 4.47. The second-order valence-electron chi connectivity index (χ2n) is 4.99. The number of nitrogens with two attached hydrogens (primary N) is 1. The lowest BCUT2D eigenvalue weighted by Gasteiger charge is -2.14. The minimum atomic E-state index is 0.301. The van der Waals surface area contributed by atoms with Gasteiger partial charge >= 0.3 is 0 Å². The van der Waals surface area contributed by atoms with Crippen molar-refractivity contribution < 1.29 is 0 Å². The molecule has 5 nitrogen and oxygen atoms in total. The molecule has 0 aliphatic rings. The second-order valence-corrected chi connectivity index (χ2v) is 6.65. The van der Waals surface area contributed by atoms with Crippen LogP contribution in [0.3, 0.4) is 0 Å². The second kappa shape index (κ2) is 7.54. The molecular formula is C16H11Cl4N5. The summed E-state index contributed by atoms with van der Waals surface area (Å²) in [6.07, 6.45) is 1.37. The summed E-state index contributed by atoms with van der Waals surface area (Å²) in [6.45, 7) is 0. The van der Waals surface area contributed by atoms with E-state index in [1.807, 2.05) is 0 Å². The Kier molecular flexibility index (Phi) is 5.39. The largest absolute Gasteiger partial charge is 0.393 e. The molecule has 0 radical (unpaired) electrons. The fourth-order valence-corrected chi connectivity index (χ4v) is 2.96. The zero-order chi connectivity index (χ0) is 18.0. The molecule has 9 heteroatoms. The Bertz CT molecular complexity index is 912. The summed E-state index contributed by atoms with van der Waals surface area (Å²) in [7, 11) is 0. The van der Waals surface area contributed by atoms with E-state index < -0.39 is 0 Å². The van der Waals surface area contributed by atoms with E-state index in [2.05, 4.69) is 20.6 Å². The van der Waals surface area contributed by atoms with Gasteiger partial charge in [0.25, 0.3) is 0 Å². The molecular weight excluding hydrogens is 404 g/mol. The van der Waals surface area contributed by atoms with E-state index in [1.54, 1.807) is 36.4 Å². The monoisotopic (exact) mass is 413 g/mol. The molecule has 0 fully saturated rings. The van der Waals surface area contributed by atoms with Crippen LogP contribution in [0.5, 0.6) is 0 Å². The first-order chi connectivity index (χ1) is 11.9. The average Bonchev–Trinajstić information content (AvgIpc) is 2.54. The minimum Gasteiger partial charge on any atom is -0.393 e. The third-order valence-electron chi connectivity index (χ3n) is 3.21. The molecule has 1 aromatic heterocycles. The Morgan fingerprint density at radius 1 is 0.840 bits per heavy atom. The van der Waals surface area contributed by atoms with Crippen LogP contribution < -0.4 is 16.4 Å². The maximum Gasteiger partial charge on any atom is 0.159 e. The van der Waals surface area contributed by atoms with Crippen LogP contribution >= 0.6 is 46.4 Å². The minimum absolute atomic E-state index is 0.301. The summed E-state index contributed by atoms with van der Waals surface area (Å²) in [5.41, 5.74) is 7.68. The molecule has 0 amide bonds. The molecule has 0 bridgehead atoms. The van der Waals surface area contributed by atoms with E-state index in [9.17, 15) is 0 Å². The molecule has 3 rings (SSSR count). The van der Waals surface area contributed by atoms with Gasteiger partial charge in [0.2, 0.25) is 0 Å². The van der Waals surface area contributed by atoms with Crippen molar-refractivity contribution in [3.8, 4) is 0 Å². The Balaban J connectivity index is 1.91. The van der Waals surface area contributed by atoms with Crippen LogP contribution in [-0.4, -0.2) is 9.97 Å². The molecule has 0 unspecified atom stereocenters. The Hall–Kier alpha value is -1.92. The van der Waals surface area contributed by atoms with E-state index in [0.29, 0.717) is 48.8 Å². The van der Waals surface area contributed by atoms with Crippen LogP contribution in [-0.2, 0) is 0 Å². The molecule has 3 aromatic rings. The average molecular weight is 415 g/mol. The molecule has 1 heterocycles. The van der Waals surface area contributed by atoms with Gasteiger partial charge in [0.05, 0.1) is 15.7 Å². The number of nitrogens with zero attached hydrogens (tertiary/aromatic N) is 2. The molecule has 0 saturated heterocycles. The molecule has 25 heavy (non-hydrogen) atoms. The number of aromatic nitrogens is 2. The van der Waals surface area contributed by atoms with Gasteiger partial charge in [-0.2, -0.15) is 0 Å². The highest BCUT2D eigenvalue weighted by Gasteiger charge is 2.12. The molecule has 4 N–H and O–H groups in total. The van der Waals surface area contributed by atoms with Gasteiger partial charge in [0.15, 0.2) is 11.6 Å². The highest BCUT2D eigenvalue weighted by molar-refractivity contribution is 6.43. The van der Waals surface area contributed by atoms with Gasteiger partial charge in [0, 0.05) is 15.7 Å². The molecule has 0 aliphatic carbocycles. The van der Waals surface area contributed by atoms with Crippen LogP contribution in [0.1, 0.15) is 0 Å². The lowest BCUT2D eigenvalue weighted by atomic mass is 10.3. The van der Waals surface area contributed by atoms with Crippen molar-refractivity contribution in [2.45, 2.75) is 0 Å². The maximum atomic E-state index is 6.18. The predicted molar refractivity (Wildman–Crippen MR) is 106 cm³/mol. The van der Waals surface area contributed by atoms with E-state index in [4.69, 9.17) is 52.1 Å². The number of nitrogens with one attached hydrogen (secondary N) is 2. The first kappa shape index (κ1) is 17.9. The first-order valence-corrected chi connectivity index (χ1v) is 8.50. The standard InChI is InChI=1S/C16H11Cl4N5/c17-8-4-9(18)6-10(5-8)24-15-14(21)16(23-7-22-15)25-12-3-1-2-11(19)13(12)20/h1-7H,21H2,(H2,22,23,24,25). The van der Waals surface area contributed by atoms with Gasteiger partial charge in [-0.1, -0.05) is 52.5 Å². The van der Waals surface area contributed by atoms with Gasteiger partial charge in [-0.3, -0.25) is 0 Å². The summed E-state index contributed by atoms with van der Waals surface area (Å²) < 4.78 is 0. The van der Waals surface area contributed by atoms with Gasteiger partial charge in [-0.05, 0) is 30.3 Å². The van der Waals surface area contributed by atoms with Gasteiger partial charge in [0.1, 0.15) is 12.0 Å². The summed E-state index contributed by atoms with van der Waals surface area (Å²) in [5, 5.41) is 7.89. The van der Waals surface area contributed by atoms with Crippen LogP contribution in [0.2, 0.25) is 20.1 Å².